The maximum Gasteiger partial charge on any atom is 0.241 e. The van der Waals surface area contributed by atoms with Crippen molar-refractivity contribution >= 4 is 10.0 Å². The summed E-state index contributed by atoms with van der Waals surface area (Å²) in [5.41, 5.74) is 1.44. The third-order valence-corrected chi connectivity index (χ3v) is 5.39. The minimum Gasteiger partial charge on any atom is -0.368 e. The van der Waals surface area contributed by atoms with Gasteiger partial charge in [-0.1, -0.05) is 48.0 Å². The zero-order chi connectivity index (χ0) is 15.8. The van der Waals surface area contributed by atoms with Crippen molar-refractivity contribution in [2.24, 2.45) is 0 Å². The Labute approximate surface area is 131 Å². The van der Waals surface area contributed by atoms with E-state index in [0.29, 0.717) is 6.61 Å². The first-order chi connectivity index (χ1) is 10.4. The van der Waals surface area contributed by atoms with E-state index in [2.05, 4.69) is 4.72 Å². The van der Waals surface area contributed by atoms with Crippen LogP contribution in [0.1, 0.15) is 24.1 Å². The number of hydrogen-bond donors (Lipinski definition) is 1. The van der Waals surface area contributed by atoms with Crippen molar-refractivity contribution in [3.8, 4) is 0 Å². The second kappa shape index (κ2) is 5.50. The zero-order valence-electron chi connectivity index (χ0n) is 12.6. The molecule has 1 heterocycles. The largest absolute Gasteiger partial charge is 0.368 e. The van der Waals surface area contributed by atoms with Crippen LogP contribution in [0.2, 0.25) is 0 Å². The molecule has 1 N–H and O–H groups in total. The summed E-state index contributed by atoms with van der Waals surface area (Å²) in [5.74, 6) is 0. The van der Waals surface area contributed by atoms with E-state index in [9.17, 15) is 8.42 Å². The molecule has 0 spiro atoms. The number of rotatable bonds is 5. The van der Waals surface area contributed by atoms with Gasteiger partial charge in [-0.2, -0.15) is 0 Å². The molecule has 0 aromatic heterocycles. The van der Waals surface area contributed by atoms with Crippen LogP contribution in [0.3, 0.4) is 0 Å². The molecule has 0 saturated carbocycles. The Bertz CT molecular complexity index is 750. The molecule has 1 fully saturated rings. The molecule has 0 unspecified atom stereocenters. The molecule has 2 atom stereocenters. The standard InChI is InChI=1S/C17H19NO3S/c1-13-8-10-15(11-9-13)22(19,20)18-16(17(2)12-21-17)14-6-4-3-5-7-14/h3-11,16,18H,12H2,1-2H3/t16-,17+/m1/s1. The summed E-state index contributed by atoms with van der Waals surface area (Å²) in [5, 5.41) is 0. The predicted octanol–water partition coefficient (Wildman–Crippen LogP) is 2.80. The maximum atomic E-state index is 12.6. The first-order valence-corrected chi connectivity index (χ1v) is 8.67. The van der Waals surface area contributed by atoms with Gasteiger partial charge in [-0.15, -0.1) is 0 Å². The number of epoxide rings is 1. The van der Waals surface area contributed by atoms with E-state index in [0.717, 1.165) is 11.1 Å². The molecule has 0 radical (unpaired) electrons. The molecule has 0 bridgehead atoms. The van der Waals surface area contributed by atoms with Crippen LogP contribution in [-0.4, -0.2) is 20.6 Å². The predicted molar refractivity (Wildman–Crippen MR) is 85.0 cm³/mol. The Balaban J connectivity index is 1.92. The van der Waals surface area contributed by atoms with Crippen molar-refractivity contribution in [1.82, 2.24) is 4.72 Å². The average Bonchev–Trinajstić information content (AvgIpc) is 3.25. The Morgan fingerprint density at radius 2 is 1.68 bits per heavy atom. The first kappa shape index (κ1) is 15.2. The van der Waals surface area contributed by atoms with Crippen LogP contribution in [0.5, 0.6) is 0 Å². The number of aryl methyl sites for hydroxylation is 1. The molecule has 0 aliphatic carbocycles. The summed E-state index contributed by atoms with van der Waals surface area (Å²) in [6.07, 6.45) is 0. The van der Waals surface area contributed by atoms with Crippen molar-refractivity contribution in [2.75, 3.05) is 6.61 Å². The summed E-state index contributed by atoms with van der Waals surface area (Å²) in [6, 6.07) is 16.0. The number of sulfonamides is 1. The number of benzene rings is 2. The molecular formula is C17H19NO3S. The highest BCUT2D eigenvalue weighted by molar-refractivity contribution is 7.89. The van der Waals surface area contributed by atoms with E-state index >= 15 is 0 Å². The van der Waals surface area contributed by atoms with Gasteiger partial charge in [0.25, 0.3) is 0 Å². The van der Waals surface area contributed by atoms with Gasteiger partial charge in [0.1, 0.15) is 5.60 Å². The van der Waals surface area contributed by atoms with Crippen LogP contribution in [-0.2, 0) is 14.8 Å². The molecule has 0 amide bonds. The fraction of sp³-hybridized carbons (Fsp3) is 0.294. The minimum atomic E-state index is -3.60. The molecule has 116 valence electrons. The van der Waals surface area contributed by atoms with E-state index in [1.165, 1.54) is 0 Å². The number of nitrogens with one attached hydrogen (secondary N) is 1. The van der Waals surface area contributed by atoms with E-state index in [4.69, 9.17) is 4.74 Å². The van der Waals surface area contributed by atoms with Gasteiger partial charge < -0.3 is 4.74 Å². The Morgan fingerprint density at radius 1 is 1.09 bits per heavy atom. The Kier molecular flexibility index (Phi) is 3.80. The van der Waals surface area contributed by atoms with Gasteiger partial charge in [0.15, 0.2) is 0 Å². The molecule has 22 heavy (non-hydrogen) atoms. The summed E-state index contributed by atoms with van der Waals surface area (Å²) in [6.45, 7) is 4.39. The van der Waals surface area contributed by atoms with Gasteiger partial charge in [0.05, 0.1) is 17.5 Å². The summed E-state index contributed by atoms with van der Waals surface area (Å²) in [4.78, 5) is 0.267. The molecule has 1 saturated heterocycles. The normalized spacial score (nSPS) is 22.3. The summed E-state index contributed by atoms with van der Waals surface area (Å²) in [7, 11) is -3.60. The van der Waals surface area contributed by atoms with Crippen molar-refractivity contribution in [3.05, 3.63) is 65.7 Å². The molecule has 4 nitrogen and oxygen atoms in total. The lowest BCUT2D eigenvalue weighted by Gasteiger charge is -2.23. The van der Waals surface area contributed by atoms with Crippen LogP contribution in [0, 0.1) is 6.92 Å². The minimum absolute atomic E-state index is 0.267. The molecule has 1 aliphatic heterocycles. The molecular weight excluding hydrogens is 298 g/mol. The van der Waals surface area contributed by atoms with Gasteiger partial charge in [-0.3, -0.25) is 0 Å². The molecule has 1 aliphatic rings. The highest BCUT2D eigenvalue weighted by atomic mass is 32.2. The molecule has 5 heteroatoms. The monoisotopic (exact) mass is 317 g/mol. The van der Waals surface area contributed by atoms with E-state index in [1.807, 2.05) is 44.2 Å². The second-order valence-corrected chi connectivity index (χ2v) is 7.59. The van der Waals surface area contributed by atoms with Crippen molar-refractivity contribution in [3.63, 3.8) is 0 Å². The van der Waals surface area contributed by atoms with Crippen LogP contribution >= 0.6 is 0 Å². The van der Waals surface area contributed by atoms with Crippen molar-refractivity contribution in [2.45, 2.75) is 30.4 Å². The molecule has 2 aromatic carbocycles. The highest BCUT2D eigenvalue weighted by Crippen LogP contribution is 2.40. The lowest BCUT2D eigenvalue weighted by molar-refractivity contribution is 0.273. The third kappa shape index (κ3) is 3.06. The zero-order valence-corrected chi connectivity index (χ0v) is 13.4. The van der Waals surface area contributed by atoms with Gasteiger partial charge in [-0.05, 0) is 31.5 Å². The third-order valence-electron chi connectivity index (χ3n) is 3.95. The summed E-state index contributed by atoms with van der Waals surface area (Å²) < 4.78 is 33.6. The van der Waals surface area contributed by atoms with Crippen molar-refractivity contribution < 1.29 is 13.2 Å². The van der Waals surface area contributed by atoms with Gasteiger partial charge in [0, 0.05) is 0 Å². The highest BCUT2D eigenvalue weighted by Gasteiger charge is 2.49. The SMILES string of the molecule is Cc1ccc(S(=O)(=O)N[C@H](c2ccccc2)[C@]2(C)CO2)cc1. The van der Waals surface area contributed by atoms with Crippen molar-refractivity contribution in [1.29, 1.82) is 0 Å². The number of ether oxygens (including phenoxy) is 1. The topological polar surface area (TPSA) is 58.7 Å². The first-order valence-electron chi connectivity index (χ1n) is 7.19. The van der Waals surface area contributed by atoms with Crippen LogP contribution in [0.4, 0.5) is 0 Å². The fourth-order valence-corrected chi connectivity index (χ4v) is 3.74. The molecule has 2 aromatic rings. The lowest BCUT2D eigenvalue weighted by Crippen LogP contribution is -2.37. The van der Waals surface area contributed by atoms with Gasteiger partial charge >= 0.3 is 0 Å². The summed E-state index contributed by atoms with van der Waals surface area (Å²) >= 11 is 0. The van der Waals surface area contributed by atoms with Crippen LogP contribution in [0.15, 0.2) is 59.5 Å². The van der Waals surface area contributed by atoms with Crippen LogP contribution in [0.25, 0.3) is 0 Å². The van der Waals surface area contributed by atoms with Crippen LogP contribution < -0.4 is 4.72 Å². The Hall–Kier alpha value is -1.69. The molecule has 3 rings (SSSR count). The second-order valence-electron chi connectivity index (χ2n) is 5.88. The van der Waals surface area contributed by atoms with Gasteiger partial charge in [-0.25, -0.2) is 13.1 Å². The van der Waals surface area contributed by atoms with Gasteiger partial charge in [0.2, 0.25) is 10.0 Å². The average molecular weight is 317 g/mol. The Morgan fingerprint density at radius 3 is 2.23 bits per heavy atom. The quantitative estimate of drug-likeness (QED) is 0.863. The fourth-order valence-electron chi connectivity index (χ4n) is 2.41. The van der Waals surface area contributed by atoms with E-state index < -0.39 is 21.7 Å². The van der Waals surface area contributed by atoms with E-state index in [1.54, 1.807) is 24.3 Å². The smallest absolute Gasteiger partial charge is 0.241 e. The number of hydrogen-bond acceptors (Lipinski definition) is 3. The van der Waals surface area contributed by atoms with E-state index in [-0.39, 0.29) is 4.90 Å². The lowest BCUT2D eigenvalue weighted by atomic mass is 9.96. The maximum absolute atomic E-state index is 12.6.